The van der Waals surface area contributed by atoms with Crippen molar-refractivity contribution in [1.82, 2.24) is 19.3 Å². The van der Waals surface area contributed by atoms with Gasteiger partial charge in [0, 0.05) is 25.9 Å². The Bertz CT molecular complexity index is 794. The molecule has 2 aromatic heterocycles. The molecule has 7 heteroatoms. The molecule has 21 heavy (non-hydrogen) atoms. The Morgan fingerprint density at radius 3 is 2.81 bits per heavy atom. The van der Waals surface area contributed by atoms with Crippen LogP contribution in [-0.2, 0) is 25.9 Å². The topological polar surface area (TPSA) is 35.6 Å². The van der Waals surface area contributed by atoms with Crippen molar-refractivity contribution in [2.75, 3.05) is 0 Å². The largest absolute Gasteiger partial charge is 0.327 e. The summed E-state index contributed by atoms with van der Waals surface area (Å²) in [6, 6.07) is 2.94. The number of imidazole rings is 1. The van der Waals surface area contributed by atoms with Gasteiger partial charge >= 0.3 is 0 Å². The summed E-state index contributed by atoms with van der Waals surface area (Å²) in [4.78, 5) is 4.41. The van der Waals surface area contributed by atoms with Gasteiger partial charge < -0.3 is 4.57 Å². The highest BCUT2D eigenvalue weighted by Gasteiger charge is 2.13. The van der Waals surface area contributed by atoms with Crippen LogP contribution in [0.1, 0.15) is 11.4 Å². The normalized spacial score (nSPS) is 11.4. The van der Waals surface area contributed by atoms with Crippen molar-refractivity contribution >= 4 is 34.2 Å². The molecule has 0 unspecified atom stereocenters. The molecule has 0 fully saturated rings. The highest BCUT2D eigenvalue weighted by atomic mass is 35.5. The summed E-state index contributed by atoms with van der Waals surface area (Å²) < 4.78 is 17.4. The Labute approximate surface area is 131 Å². The Balaban J connectivity index is 1.97. The second-order valence-corrected chi connectivity index (χ2v) is 5.52. The number of fused-ring (bicyclic) bond motifs is 1. The number of aryl methyl sites for hydroxylation is 3. The highest BCUT2D eigenvalue weighted by Crippen LogP contribution is 2.24. The first-order valence-electron chi connectivity index (χ1n) is 6.46. The van der Waals surface area contributed by atoms with Crippen molar-refractivity contribution in [3.63, 3.8) is 0 Å². The third kappa shape index (κ3) is 2.76. The fourth-order valence-electron chi connectivity index (χ4n) is 2.36. The van der Waals surface area contributed by atoms with Gasteiger partial charge in [-0.05, 0) is 18.1 Å². The number of nitrogens with zero attached hydrogens (tertiary/aromatic N) is 4. The number of alkyl halides is 1. The number of hydrogen-bond donors (Lipinski definition) is 0. The molecule has 0 radical (unpaired) electrons. The molecular weight excluding hydrogens is 314 g/mol. The summed E-state index contributed by atoms with van der Waals surface area (Å²) in [5.41, 5.74) is 2.47. The van der Waals surface area contributed by atoms with Crippen LogP contribution in [0.25, 0.3) is 11.0 Å². The van der Waals surface area contributed by atoms with E-state index in [9.17, 15) is 4.39 Å². The monoisotopic (exact) mass is 326 g/mol. The molecule has 0 bridgehead atoms. The maximum absolute atomic E-state index is 13.7. The van der Waals surface area contributed by atoms with Crippen LogP contribution in [0.4, 0.5) is 4.39 Å². The summed E-state index contributed by atoms with van der Waals surface area (Å²) in [5.74, 6) is 0.520. The lowest BCUT2D eigenvalue weighted by atomic mass is 10.2. The quantitative estimate of drug-likeness (QED) is 0.687. The predicted molar refractivity (Wildman–Crippen MR) is 81.2 cm³/mol. The second-order valence-electron chi connectivity index (χ2n) is 4.84. The van der Waals surface area contributed by atoms with Crippen LogP contribution in [0, 0.1) is 5.82 Å². The van der Waals surface area contributed by atoms with E-state index in [1.807, 2.05) is 24.0 Å². The van der Waals surface area contributed by atoms with Gasteiger partial charge in [-0.25, -0.2) is 9.37 Å². The predicted octanol–water partition coefficient (Wildman–Crippen LogP) is 3.54. The zero-order valence-electron chi connectivity index (χ0n) is 11.4. The second kappa shape index (κ2) is 5.66. The fourth-order valence-corrected chi connectivity index (χ4v) is 2.73. The van der Waals surface area contributed by atoms with E-state index in [4.69, 9.17) is 23.2 Å². The van der Waals surface area contributed by atoms with Crippen LogP contribution in [0.3, 0.4) is 0 Å². The zero-order chi connectivity index (χ0) is 15.0. The Morgan fingerprint density at radius 2 is 2.14 bits per heavy atom. The third-order valence-corrected chi connectivity index (χ3v) is 3.90. The van der Waals surface area contributed by atoms with Crippen LogP contribution < -0.4 is 0 Å². The number of benzene rings is 1. The minimum atomic E-state index is -0.451. The first-order chi connectivity index (χ1) is 10.1. The smallest absolute Gasteiger partial charge is 0.144 e. The molecule has 0 atom stereocenters. The van der Waals surface area contributed by atoms with E-state index in [1.54, 1.807) is 4.68 Å². The minimum Gasteiger partial charge on any atom is -0.327 e. The number of halogens is 3. The number of aromatic nitrogens is 4. The molecule has 110 valence electrons. The first kappa shape index (κ1) is 14.4. The van der Waals surface area contributed by atoms with Crippen molar-refractivity contribution in [2.24, 2.45) is 7.05 Å². The van der Waals surface area contributed by atoms with Gasteiger partial charge in [0.1, 0.15) is 11.6 Å². The van der Waals surface area contributed by atoms with Crippen LogP contribution in [0.2, 0.25) is 5.02 Å². The van der Waals surface area contributed by atoms with E-state index in [0.29, 0.717) is 23.4 Å². The molecule has 0 spiro atoms. The molecule has 0 amide bonds. The molecular formula is C14H13Cl2FN4. The van der Waals surface area contributed by atoms with Crippen LogP contribution in [-0.4, -0.2) is 19.3 Å². The van der Waals surface area contributed by atoms with Crippen LogP contribution >= 0.6 is 23.2 Å². The summed E-state index contributed by atoms with van der Waals surface area (Å²) >= 11 is 11.7. The lowest BCUT2D eigenvalue weighted by molar-refractivity contribution is 0.627. The average Bonchev–Trinajstić information content (AvgIpc) is 3.01. The molecule has 0 aliphatic rings. The lowest BCUT2D eigenvalue weighted by Crippen LogP contribution is -2.05. The molecule has 1 aromatic carbocycles. The van der Waals surface area contributed by atoms with Gasteiger partial charge in [0.2, 0.25) is 0 Å². The van der Waals surface area contributed by atoms with Gasteiger partial charge in [-0.2, -0.15) is 5.10 Å². The molecule has 3 rings (SSSR count). The van der Waals surface area contributed by atoms with E-state index in [2.05, 4.69) is 10.1 Å². The Kier molecular flexibility index (Phi) is 3.87. The van der Waals surface area contributed by atoms with Gasteiger partial charge in [0.05, 0.1) is 28.1 Å². The van der Waals surface area contributed by atoms with Crippen molar-refractivity contribution < 1.29 is 4.39 Å². The molecule has 0 aliphatic heterocycles. The van der Waals surface area contributed by atoms with Gasteiger partial charge in [0.15, 0.2) is 0 Å². The maximum atomic E-state index is 13.7. The highest BCUT2D eigenvalue weighted by molar-refractivity contribution is 6.31. The molecule has 0 N–H and O–H groups in total. The van der Waals surface area contributed by atoms with E-state index in [1.165, 1.54) is 12.1 Å². The Hall–Kier alpha value is -1.59. The fraction of sp³-hybridized carbons (Fsp3) is 0.286. The van der Waals surface area contributed by atoms with Crippen molar-refractivity contribution in [2.45, 2.75) is 18.8 Å². The number of rotatable bonds is 4. The van der Waals surface area contributed by atoms with Crippen molar-refractivity contribution in [3.05, 3.63) is 46.8 Å². The standard InChI is InChI=1S/C14H13Cl2FN4/c1-20-8-9(7-18-20)2-3-21-13-5-11(17)10(16)4-12(13)19-14(21)6-15/h4-5,7-8H,2-3,6H2,1H3. The van der Waals surface area contributed by atoms with Crippen molar-refractivity contribution in [3.8, 4) is 0 Å². The van der Waals surface area contributed by atoms with Gasteiger partial charge in [-0.3, -0.25) is 4.68 Å². The Morgan fingerprint density at radius 1 is 1.33 bits per heavy atom. The average molecular weight is 327 g/mol. The lowest BCUT2D eigenvalue weighted by Gasteiger charge is -2.07. The molecule has 0 saturated carbocycles. The maximum Gasteiger partial charge on any atom is 0.144 e. The SMILES string of the molecule is Cn1cc(CCn2c(CCl)nc3cc(Cl)c(F)cc32)cn1. The third-order valence-electron chi connectivity index (χ3n) is 3.37. The summed E-state index contributed by atoms with van der Waals surface area (Å²) in [5, 5.41) is 4.21. The molecule has 0 saturated heterocycles. The zero-order valence-corrected chi connectivity index (χ0v) is 12.9. The molecule has 4 nitrogen and oxygen atoms in total. The summed E-state index contributed by atoms with van der Waals surface area (Å²) in [7, 11) is 1.87. The van der Waals surface area contributed by atoms with Gasteiger partial charge in [-0.15, -0.1) is 11.6 Å². The van der Waals surface area contributed by atoms with Gasteiger partial charge in [0.25, 0.3) is 0 Å². The molecule has 0 aliphatic carbocycles. The van der Waals surface area contributed by atoms with Crippen LogP contribution in [0.5, 0.6) is 0 Å². The molecule has 3 aromatic rings. The van der Waals surface area contributed by atoms with E-state index >= 15 is 0 Å². The number of hydrogen-bond acceptors (Lipinski definition) is 2. The van der Waals surface area contributed by atoms with Gasteiger partial charge in [-0.1, -0.05) is 11.6 Å². The van der Waals surface area contributed by atoms with Crippen molar-refractivity contribution in [1.29, 1.82) is 0 Å². The molecule has 2 heterocycles. The van der Waals surface area contributed by atoms with Crippen LogP contribution in [0.15, 0.2) is 24.5 Å². The summed E-state index contributed by atoms with van der Waals surface area (Å²) in [6.07, 6.45) is 4.54. The minimum absolute atomic E-state index is 0.0699. The van der Waals surface area contributed by atoms with E-state index in [0.717, 1.165) is 12.0 Å². The van der Waals surface area contributed by atoms with E-state index < -0.39 is 5.82 Å². The summed E-state index contributed by atoms with van der Waals surface area (Å²) in [6.45, 7) is 0.658. The van der Waals surface area contributed by atoms with E-state index in [-0.39, 0.29) is 10.9 Å². The first-order valence-corrected chi connectivity index (χ1v) is 7.37.